The van der Waals surface area contributed by atoms with Crippen LogP contribution in [0.5, 0.6) is 0 Å². The van der Waals surface area contributed by atoms with Crippen molar-refractivity contribution in [2.75, 3.05) is 0 Å². The summed E-state index contributed by atoms with van der Waals surface area (Å²) in [5, 5.41) is 0. The van der Waals surface area contributed by atoms with E-state index in [1.165, 1.54) is 11.1 Å². The Labute approximate surface area is 109 Å². The second kappa shape index (κ2) is 11.7. The van der Waals surface area contributed by atoms with E-state index in [9.17, 15) is 0 Å². The Bertz CT molecular complexity index is 219. The predicted molar refractivity (Wildman–Crippen MR) is 68.5 cm³/mol. The van der Waals surface area contributed by atoms with E-state index in [4.69, 9.17) is 0 Å². The molecule has 0 saturated carbocycles. The third-order valence-electron chi connectivity index (χ3n) is 1.07. The summed E-state index contributed by atoms with van der Waals surface area (Å²) >= 11 is 0. The summed E-state index contributed by atoms with van der Waals surface area (Å²) in [6.07, 6.45) is 4.11. The van der Waals surface area contributed by atoms with Crippen molar-refractivity contribution in [3.05, 3.63) is 47.6 Å². The van der Waals surface area contributed by atoms with Crippen molar-refractivity contribution in [3.63, 3.8) is 0 Å². The largest absolute Gasteiger partial charge is 2.00 e. The molecule has 0 radical (unpaired) electrons. The van der Waals surface area contributed by atoms with Crippen LogP contribution in [0.4, 0.5) is 0 Å². The van der Waals surface area contributed by atoms with E-state index in [0.29, 0.717) is 0 Å². The van der Waals surface area contributed by atoms with Gasteiger partial charge in [-0.15, -0.1) is 0 Å². The van der Waals surface area contributed by atoms with Crippen LogP contribution in [0.2, 0.25) is 0 Å². The summed E-state index contributed by atoms with van der Waals surface area (Å²) in [5.41, 5.74) is 4.88. The van der Waals surface area contributed by atoms with Gasteiger partial charge in [0.1, 0.15) is 0 Å². The Kier molecular flexibility index (Phi) is 15.6. The Morgan fingerprint density at radius 3 is 0.867 bits per heavy atom. The zero-order chi connectivity index (χ0) is 11.7. The van der Waals surface area contributed by atoms with Crippen molar-refractivity contribution in [3.8, 4) is 0 Å². The molecule has 1 heteroatoms. The van der Waals surface area contributed by atoms with Crippen LogP contribution in [0, 0.1) is 0 Å². The fraction of sp³-hybridized carbons (Fsp3) is 0.429. The topological polar surface area (TPSA) is 0 Å². The maximum atomic E-state index is 3.72. The molecule has 0 aromatic rings. The van der Waals surface area contributed by atoms with E-state index >= 15 is 0 Å². The van der Waals surface area contributed by atoms with Gasteiger partial charge in [0.2, 0.25) is 0 Å². The van der Waals surface area contributed by atoms with Crippen LogP contribution >= 0.6 is 0 Å². The van der Waals surface area contributed by atoms with Gasteiger partial charge in [-0.1, -0.05) is 47.6 Å². The minimum Gasteiger partial charge on any atom is -0.0961 e. The fourth-order valence-electron chi connectivity index (χ4n) is 0.986. The zero-order valence-corrected chi connectivity index (χ0v) is 12.7. The molecule has 0 N–H and O–H groups in total. The van der Waals surface area contributed by atoms with Gasteiger partial charge in [-0.05, 0) is 41.5 Å². The number of hydrogen-bond donors (Lipinski definition) is 0. The Morgan fingerprint density at radius 2 is 0.867 bits per heavy atom. The minimum absolute atomic E-state index is 0. The normalized spacial score (nSPS) is 7.33. The first-order valence-electron chi connectivity index (χ1n) is 4.86. The van der Waals surface area contributed by atoms with Crippen molar-refractivity contribution >= 4 is 0 Å². The summed E-state index contributed by atoms with van der Waals surface area (Å²) in [4.78, 5) is 0. The molecule has 0 saturated heterocycles. The molecular weight excluding hydrogens is 269 g/mol. The summed E-state index contributed by atoms with van der Waals surface area (Å²) in [6.45, 7) is 19.7. The van der Waals surface area contributed by atoms with Gasteiger partial charge < -0.3 is 0 Å². The molecule has 15 heavy (non-hydrogen) atoms. The van der Waals surface area contributed by atoms with Crippen LogP contribution in [-0.4, -0.2) is 0 Å². The van der Waals surface area contributed by atoms with E-state index in [0.717, 1.165) is 11.1 Å². The molecular formula is C14H24Ru+2. The van der Waals surface area contributed by atoms with Crippen LogP contribution in [0.3, 0.4) is 0 Å². The Morgan fingerprint density at radius 1 is 0.667 bits per heavy atom. The molecule has 0 aromatic carbocycles. The van der Waals surface area contributed by atoms with Crippen LogP contribution < -0.4 is 0 Å². The van der Waals surface area contributed by atoms with Crippen LogP contribution in [0.15, 0.2) is 47.6 Å². The standard InChI is InChI=1S/2C7H12.Ru/c2*1-6(2)5-7(3)4;/h2*5H,1H2,2-4H3;/q;;+2. The number of allylic oxidation sites excluding steroid dienone is 6. The van der Waals surface area contributed by atoms with Crippen LogP contribution in [0.1, 0.15) is 41.5 Å². The number of rotatable bonds is 2. The summed E-state index contributed by atoms with van der Waals surface area (Å²) in [5.74, 6) is 0. The monoisotopic (exact) mass is 294 g/mol. The molecule has 0 spiro atoms. The first kappa shape index (κ1) is 20.1. The van der Waals surface area contributed by atoms with Crippen LogP contribution in [-0.2, 0) is 19.5 Å². The van der Waals surface area contributed by atoms with Crippen molar-refractivity contribution in [2.45, 2.75) is 41.5 Å². The van der Waals surface area contributed by atoms with Crippen LogP contribution in [0.25, 0.3) is 0 Å². The van der Waals surface area contributed by atoms with Gasteiger partial charge in [0.25, 0.3) is 0 Å². The summed E-state index contributed by atoms with van der Waals surface area (Å²) < 4.78 is 0. The SMILES string of the molecule is C=C(C)C=C(C)C.C=C(C)C=C(C)C.[Ru+2]. The molecule has 0 fully saturated rings. The smallest absolute Gasteiger partial charge is 0.0961 e. The molecule has 0 bridgehead atoms. The first-order chi connectivity index (χ1) is 6.25. The molecule has 0 atom stereocenters. The van der Waals surface area contributed by atoms with Gasteiger partial charge in [-0.2, -0.15) is 0 Å². The van der Waals surface area contributed by atoms with Gasteiger partial charge in [0, 0.05) is 0 Å². The van der Waals surface area contributed by atoms with Crippen molar-refractivity contribution in [1.82, 2.24) is 0 Å². The molecule has 0 rings (SSSR count). The molecule has 86 valence electrons. The van der Waals surface area contributed by atoms with Gasteiger partial charge in [-0.25, -0.2) is 0 Å². The maximum Gasteiger partial charge on any atom is 2.00 e. The van der Waals surface area contributed by atoms with Crippen molar-refractivity contribution in [1.29, 1.82) is 0 Å². The third kappa shape index (κ3) is 31.7. The second-order valence-corrected chi connectivity index (χ2v) is 4.14. The van der Waals surface area contributed by atoms with E-state index in [-0.39, 0.29) is 19.5 Å². The maximum absolute atomic E-state index is 3.72. The van der Waals surface area contributed by atoms with E-state index in [2.05, 4.69) is 53.0 Å². The van der Waals surface area contributed by atoms with Gasteiger partial charge in [0.05, 0.1) is 0 Å². The number of hydrogen-bond acceptors (Lipinski definition) is 0. The Hall–Kier alpha value is -0.417. The summed E-state index contributed by atoms with van der Waals surface area (Å²) in [6, 6.07) is 0. The molecule has 0 heterocycles. The predicted octanol–water partition coefficient (Wildman–Crippen LogP) is 5.05. The zero-order valence-electron chi connectivity index (χ0n) is 10.9. The average Bonchev–Trinajstić information content (AvgIpc) is 1.79. The molecule has 0 nitrogen and oxygen atoms in total. The molecule has 0 aromatic heterocycles. The fourth-order valence-corrected chi connectivity index (χ4v) is 0.986. The second-order valence-electron chi connectivity index (χ2n) is 4.14. The molecule has 0 aliphatic heterocycles. The molecule has 0 aliphatic rings. The van der Waals surface area contributed by atoms with E-state index in [1.54, 1.807) is 0 Å². The Balaban J connectivity index is -0.000000180. The molecule has 0 amide bonds. The van der Waals surface area contributed by atoms with Crippen molar-refractivity contribution < 1.29 is 19.5 Å². The van der Waals surface area contributed by atoms with Gasteiger partial charge in [-0.3, -0.25) is 0 Å². The quantitative estimate of drug-likeness (QED) is 0.493. The molecule has 0 unspecified atom stereocenters. The summed E-state index contributed by atoms with van der Waals surface area (Å²) in [7, 11) is 0. The van der Waals surface area contributed by atoms with Gasteiger partial charge in [0.15, 0.2) is 0 Å². The first-order valence-corrected chi connectivity index (χ1v) is 4.86. The van der Waals surface area contributed by atoms with E-state index in [1.807, 2.05) is 13.8 Å². The van der Waals surface area contributed by atoms with Gasteiger partial charge >= 0.3 is 19.5 Å². The third-order valence-corrected chi connectivity index (χ3v) is 1.07. The minimum atomic E-state index is 0. The average molecular weight is 293 g/mol. The van der Waals surface area contributed by atoms with E-state index < -0.39 is 0 Å². The molecule has 0 aliphatic carbocycles. The van der Waals surface area contributed by atoms with Crippen molar-refractivity contribution in [2.24, 2.45) is 0 Å².